The van der Waals surface area contributed by atoms with Gasteiger partial charge in [-0.1, -0.05) is 0 Å². The van der Waals surface area contributed by atoms with Gasteiger partial charge >= 0.3 is 11.9 Å². The third kappa shape index (κ3) is 9.66. The number of nitrogens with one attached hydrogen (secondary N) is 4. The molecule has 15 nitrogen and oxygen atoms in total. The van der Waals surface area contributed by atoms with Crippen molar-refractivity contribution in [2.24, 2.45) is 11.5 Å². The summed E-state index contributed by atoms with van der Waals surface area (Å²) in [6.07, 6.45) is 1.44. The molecule has 10 N–H and O–H groups in total. The second-order valence-electron chi connectivity index (χ2n) is 6.72. The summed E-state index contributed by atoms with van der Waals surface area (Å²) in [5, 5.41) is 24.0. The Morgan fingerprint density at radius 1 is 1.00 bits per heavy atom. The van der Waals surface area contributed by atoms with E-state index >= 15 is 0 Å². The van der Waals surface area contributed by atoms with Crippen molar-refractivity contribution in [2.75, 3.05) is 6.54 Å². The molecule has 0 fully saturated rings. The molecule has 0 aliphatic heterocycles. The largest absolute Gasteiger partial charge is 0.481 e. The molecule has 176 valence electrons. The summed E-state index contributed by atoms with van der Waals surface area (Å²) in [7, 11) is 0. The molecule has 32 heavy (non-hydrogen) atoms. The van der Waals surface area contributed by atoms with Crippen LogP contribution in [0.3, 0.4) is 0 Å². The minimum absolute atomic E-state index is 0.108. The number of hydrogen-bond donors (Lipinski definition) is 8. The molecule has 0 aliphatic rings. The Balaban J connectivity index is 2.94. The van der Waals surface area contributed by atoms with Crippen LogP contribution in [0, 0.1) is 0 Å². The van der Waals surface area contributed by atoms with Crippen molar-refractivity contribution in [1.29, 1.82) is 0 Å². The van der Waals surface area contributed by atoms with E-state index in [-0.39, 0.29) is 19.3 Å². The van der Waals surface area contributed by atoms with Crippen LogP contribution < -0.4 is 27.4 Å². The topological polar surface area (TPSA) is 260 Å². The number of aliphatic carboxylic acids is 2. The van der Waals surface area contributed by atoms with Crippen molar-refractivity contribution in [1.82, 2.24) is 25.9 Å². The van der Waals surface area contributed by atoms with Crippen LogP contribution in [0.15, 0.2) is 12.5 Å². The highest BCUT2D eigenvalue weighted by atomic mass is 16.4. The molecular formula is C17H25N7O8. The summed E-state index contributed by atoms with van der Waals surface area (Å²) in [6, 6.07) is -4.01. The van der Waals surface area contributed by atoms with Gasteiger partial charge in [-0.05, 0) is 6.42 Å². The number of hydrogen-bond acceptors (Lipinski definition) is 8. The number of aromatic amines is 1. The number of nitrogens with two attached hydrogens (primary N) is 2. The summed E-state index contributed by atoms with van der Waals surface area (Å²) in [5.74, 6) is -6.11. The Hall–Kier alpha value is -4.01. The van der Waals surface area contributed by atoms with Gasteiger partial charge in [0.15, 0.2) is 0 Å². The molecule has 0 radical (unpaired) electrons. The van der Waals surface area contributed by atoms with Crippen molar-refractivity contribution < 1.29 is 39.0 Å². The highest BCUT2D eigenvalue weighted by Crippen LogP contribution is 2.03. The Morgan fingerprint density at radius 3 is 2.19 bits per heavy atom. The van der Waals surface area contributed by atoms with E-state index in [1.807, 2.05) is 5.32 Å². The third-order valence-corrected chi connectivity index (χ3v) is 4.07. The van der Waals surface area contributed by atoms with Crippen molar-refractivity contribution in [3.8, 4) is 0 Å². The van der Waals surface area contributed by atoms with Crippen LogP contribution in [0.4, 0.5) is 0 Å². The number of imidazole rings is 1. The number of nitrogens with zero attached hydrogens (tertiary/aromatic N) is 1. The predicted molar refractivity (Wildman–Crippen MR) is 105 cm³/mol. The van der Waals surface area contributed by atoms with Crippen LogP contribution in [0.25, 0.3) is 0 Å². The number of rotatable bonds is 14. The highest BCUT2D eigenvalue weighted by Gasteiger charge is 2.29. The summed E-state index contributed by atoms with van der Waals surface area (Å²) < 4.78 is 0. The molecule has 0 saturated heterocycles. The van der Waals surface area contributed by atoms with Gasteiger partial charge in [-0.2, -0.15) is 0 Å². The zero-order valence-electron chi connectivity index (χ0n) is 16.9. The maximum Gasteiger partial charge on any atom is 0.322 e. The second-order valence-corrected chi connectivity index (χ2v) is 6.72. The maximum absolute atomic E-state index is 12.8. The highest BCUT2D eigenvalue weighted by molar-refractivity contribution is 5.95. The van der Waals surface area contributed by atoms with Crippen LogP contribution in [0.1, 0.15) is 25.0 Å². The van der Waals surface area contributed by atoms with Gasteiger partial charge in [0.05, 0.1) is 18.8 Å². The number of primary amides is 1. The van der Waals surface area contributed by atoms with Crippen molar-refractivity contribution in [2.45, 2.75) is 43.8 Å². The van der Waals surface area contributed by atoms with Gasteiger partial charge in [-0.15, -0.1) is 0 Å². The van der Waals surface area contributed by atoms with Crippen LogP contribution >= 0.6 is 0 Å². The molecule has 0 aliphatic carbocycles. The SMILES string of the molecule is NC(=O)CC(NC(=O)C(Cc1cnc[nH]1)NC(=O)C(N)CCC(=O)O)C(=O)NCC(=O)O. The maximum atomic E-state index is 12.8. The number of H-pyrrole nitrogens is 1. The number of amides is 4. The fourth-order valence-electron chi connectivity index (χ4n) is 2.48. The quantitative estimate of drug-likeness (QED) is 0.135. The number of carbonyl (C=O) groups excluding carboxylic acids is 4. The molecule has 15 heteroatoms. The standard InChI is InChI=1S/C17H25N7O8/c18-9(1-2-13(26)27)15(30)23-10(3-8-5-20-7-22-8)17(32)24-11(4-12(19)25)16(31)21-6-14(28)29/h5,7,9-11H,1-4,6,18H2,(H2,19,25)(H,20,22)(H,21,31)(H,23,30)(H,24,32)(H,26,27)(H,28,29). The monoisotopic (exact) mass is 455 g/mol. The van der Waals surface area contributed by atoms with Gasteiger partial charge in [-0.3, -0.25) is 28.8 Å². The molecule has 4 amide bonds. The summed E-state index contributed by atoms with van der Waals surface area (Å²) in [4.78, 5) is 76.4. The normalized spacial score (nSPS) is 13.3. The summed E-state index contributed by atoms with van der Waals surface area (Å²) in [6.45, 7) is -0.753. The lowest BCUT2D eigenvalue weighted by Gasteiger charge is -2.23. The van der Waals surface area contributed by atoms with Crippen molar-refractivity contribution in [3.05, 3.63) is 18.2 Å². The van der Waals surface area contributed by atoms with E-state index in [2.05, 4.69) is 20.6 Å². The van der Waals surface area contributed by atoms with Crippen LogP contribution in [0.2, 0.25) is 0 Å². The molecule has 1 aromatic heterocycles. The predicted octanol–water partition coefficient (Wildman–Crippen LogP) is -3.81. The average molecular weight is 455 g/mol. The van der Waals surface area contributed by atoms with Gasteiger partial charge in [-0.25, -0.2) is 4.98 Å². The first-order chi connectivity index (χ1) is 15.0. The van der Waals surface area contributed by atoms with E-state index in [9.17, 15) is 28.8 Å². The molecule has 0 saturated carbocycles. The fourth-order valence-corrected chi connectivity index (χ4v) is 2.48. The first-order valence-corrected chi connectivity index (χ1v) is 9.32. The van der Waals surface area contributed by atoms with Gasteiger partial charge in [0.2, 0.25) is 23.6 Å². The van der Waals surface area contributed by atoms with E-state index in [1.165, 1.54) is 12.5 Å². The molecule has 1 aromatic rings. The Bertz CT molecular complexity index is 842. The number of aromatic nitrogens is 2. The van der Waals surface area contributed by atoms with Gasteiger partial charge in [0, 0.05) is 24.7 Å². The first-order valence-electron chi connectivity index (χ1n) is 9.32. The molecule has 1 heterocycles. The van der Waals surface area contributed by atoms with Crippen LogP contribution in [-0.2, 0) is 35.2 Å². The smallest absolute Gasteiger partial charge is 0.322 e. The number of carbonyl (C=O) groups is 6. The molecule has 3 unspecified atom stereocenters. The van der Waals surface area contributed by atoms with Crippen molar-refractivity contribution in [3.63, 3.8) is 0 Å². The zero-order chi connectivity index (χ0) is 24.3. The second kappa shape index (κ2) is 12.6. The fraction of sp³-hybridized carbons (Fsp3) is 0.471. The van der Waals surface area contributed by atoms with Gasteiger partial charge in [0.1, 0.15) is 18.6 Å². The Kier molecular flexibility index (Phi) is 10.3. The lowest BCUT2D eigenvalue weighted by molar-refractivity contribution is -0.139. The number of carboxylic acids is 2. The molecule has 1 rings (SSSR count). The lowest BCUT2D eigenvalue weighted by atomic mass is 10.1. The van der Waals surface area contributed by atoms with Gasteiger partial charge < -0.3 is 42.6 Å². The van der Waals surface area contributed by atoms with Gasteiger partial charge in [0.25, 0.3) is 0 Å². The lowest BCUT2D eigenvalue weighted by Crippen LogP contribution is -2.57. The first kappa shape index (κ1) is 26.0. The summed E-state index contributed by atoms with van der Waals surface area (Å²) in [5.41, 5.74) is 11.2. The molecule has 3 atom stereocenters. The third-order valence-electron chi connectivity index (χ3n) is 4.07. The molecule has 0 spiro atoms. The zero-order valence-corrected chi connectivity index (χ0v) is 16.9. The minimum Gasteiger partial charge on any atom is -0.481 e. The number of carboxylic acid groups (broad SMARTS) is 2. The Labute approximate surface area is 181 Å². The van der Waals surface area contributed by atoms with E-state index in [1.54, 1.807) is 0 Å². The van der Waals surface area contributed by atoms with Crippen LogP contribution in [0.5, 0.6) is 0 Å². The molecular weight excluding hydrogens is 430 g/mol. The van der Waals surface area contributed by atoms with E-state index < -0.39 is 66.7 Å². The Morgan fingerprint density at radius 2 is 1.66 bits per heavy atom. The van der Waals surface area contributed by atoms with E-state index in [0.717, 1.165) is 0 Å². The molecule has 0 aromatic carbocycles. The van der Waals surface area contributed by atoms with Crippen LogP contribution in [-0.4, -0.2) is 80.4 Å². The minimum atomic E-state index is -1.50. The summed E-state index contributed by atoms with van der Waals surface area (Å²) >= 11 is 0. The average Bonchev–Trinajstić information content (AvgIpc) is 3.21. The van der Waals surface area contributed by atoms with Crippen molar-refractivity contribution >= 4 is 35.6 Å². The molecule has 0 bridgehead atoms. The van der Waals surface area contributed by atoms with E-state index in [0.29, 0.717) is 5.69 Å². The van der Waals surface area contributed by atoms with E-state index in [4.69, 9.17) is 21.7 Å².